The van der Waals surface area contributed by atoms with E-state index in [4.69, 9.17) is 14.2 Å². The second kappa shape index (κ2) is 8.47. The highest BCUT2D eigenvalue weighted by molar-refractivity contribution is 6.03. The molecule has 7 nitrogen and oxygen atoms in total. The summed E-state index contributed by atoms with van der Waals surface area (Å²) in [5.41, 5.74) is 1.79. The number of hydrogen-bond acceptors (Lipinski definition) is 5. The predicted octanol–water partition coefficient (Wildman–Crippen LogP) is 2.82. The molecule has 0 bridgehead atoms. The van der Waals surface area contributed by atoms with Crippen LogP contribution in [0.4, 0.5) is 5.69 Å². The summed E-state index contributed by atoms with van der Waals surface area (Å²) in [5, 5.41) is 2.75. The topological polar surface area (TPSA) is 77.1 Å². The smallest absolute Gasteiger partial charge is 0.253 e. The largest absolute Gasteiger partial charge is 0.493 e. The summed E-state index contributed by atoms with van der Waals surface area (Å²) in [6.45, 7) is 0.933. The van der Waals surface area contributed by atoms with E-state index in [1.54, 1.807) is 63.7 Å². The van der Waals surface area contributed by atoms with Crippen molar-refractivity contribution in [2.75, 3.05) is 39.7 Å². The summed E-state index contributed by atoms with van der Waals surface area (Å²) in [4.78, 5) is 25.8. The first-order valence-electron chi connectivity index (χ1n) is 8.76. The number of benzene rings is 2. The minimum Gasteiger partial charge on any atom is -0.493 e. The fourth-order valence-corrected chi connectivity index (χ4v) is 2.73. The molecule has 2 aromatic carbocycles. The summed E-state index contributed by atoms with van der Waals surface area (Å²) in [6, 6.07) is 10.4. The first kappa shape index (κ1) is 19.3. The highest BCUT2D eigenvalue weighted by Crippen LogP contribution is 2.40. The molecule has 146 valence electrons. The van der Waals surface area contributed by atoms with E-state index in [1.807, 2.05) is 0 Å². The minimum absolute atomic E-state index is 0.130. The zero-order valence-electron chi connectivity index (χ0n) is 16.0. The van der Waals surface area contributed by atoms with Crippen molar-refractivity contribution < 1.29 is 23.8 Å². The van der Waals surface area contributed by atoms with E-state index in [9.17, 15) is 9.59 Å². The lowest BCUT2D eigenvalue weighted by molar-refractivity contribution is -0.111. The van der Waals surface area contributed by atoms with Gasteiger partial charge < -0.3 is 24.4 Å². The molecule has 1 aliphatic heterocycles. The first-order valence-corrected chi connectivity index (χ1v) is 8.76. The Hall–Kier alpha value is -3.48. The molecule has 0 saturated heterocycles. The van der Waals surface area contributed by atoms with E-state index in [-0.39, 0.29) is 11.8 Å². The van der Waals surface area contributed by atoms with E-state index < -0.39 is 0 Å². The molecule has 2 aromatic rings. The molecule has 2 amide bonds. The lowest BCUT2D eigenvalue weighted by Gasteiger charge is -2.20. The Morgan fingerprint density at radius 1 is 1.14 bits per heavy atom. The molecule has 1 heterocycles. The van der Waals surface area contributed by atoms with Crippen LogP contribution in [0, 0.1) is 0 Å². The van der Waals surface area contributed by atoms with Gasteiger partial charge in [0, 0.05) is 31.4 Å². The molecular weight excluding hydrogens is 360 g/mol. The Morgan fingerprint density at radius 3 is 2.68 bits per heavy atom. The van der Waals surface area contributed by atoms with Gasteiger partial charge in [0.2, 0.25) is 11.7 Å². The predicted molar refractivity (Wildman–Crippen MR) is 106 cm³/mol. The van der Waals surface area contributed by atoms with Crippen molar-refractivity contribution >= 4 is 23.6 Å². The monoisotopic (exact) mass is 382 g/mol. The normalized spacial score (nSPS) is 12.5. The van der Waals surface area contributed by atoms with E-state index in [2.05, 4.69) is 5.32 Å². The van der Waals surface area contributed by atoms with E-state index >= 15 is 0 Å². The van der Waals surface area contributed by atoms with E-state index in [1.165, 1.54) is 11.0 Å². The van der Waals surface area contributed by atoms with Crippen molar-refractivity contribution in [3.63, 3.8) is 0 Å². The van der Waals surface area contributed by atoms with Crippen molar-refractivity contribution in [1.82, 2.24) is 4.90 Å². The number of rotatable bonds is 5. The van der Waals surface area contributed by atoms with Crippen LogP contribution < -0.4 is 19.5 Å². The molecule has 0 saturated carbocycles. The van der Waals surface area contributed by atoms with Gasteiger partial charge in [-0.15, -0.1) is 0 Å². The molecule has 7 heteroatoms. The Morgan fingerprint density at radius 2 is 1.93 bits per heavy atom. The van der Waals surface area contributed by atoms with Crippen molar-refractivity contribution in [3.05, 3.63) is 53.6 Å². The van der Waals surface area contributed by atoms with Crippen LogP contribution in [-0.2, 0) is 4.79 Å². The summed E-state index contributed by atoms with van der Waals surface area (Å²) < 4.78 is 16.5. The lowest BCUT2D eigenvalue weighted by atomic mass is 10.1. The van der Waals surface area contributed by atoms with E-state index in [0.717, 1.165) is 5.56 Å². The molecule has 1 N–H and O–H groups in total. The van der Waals surface area contributed by atoms with Crippen LogP contribution in [0.1, 0.15) is 15.9 Å². The second-order valence-electron chi connectivity index (χ2n) is 6.35. The van der Waals surface area contributed by atoms with Gasteiger partial charge in [-0.2, -0.15) is 0 Å². The summed E-state index contributed by atoms with van der Waals surface area (Å²) in [6.07, 6.45) is 3.07. The third kappa shape index (κ3) is 4.43. The molecular formula is C21H22N2O5. The van der Waals surface area contributed by atoms with Gasteiger partial charge in [-0.25, -0.2) is 0 Å². The number of nitrogens with one attached hydrogen (secondary N) is 1. The lowest BCUT2D eigenvalue weighted by Crippen LogP contribution is -2.21. The Bertz CT molecular complexity index is 904. The Labute approximate surface area is 163 Å². The second-order valence-corrected chi connectivity index (χ2v) is 6.35. The Kier molecular flexibility index (Phi) is 5.84. The van der Waals surface area contributed by atoms with Crippen molar-refractivity contribution in [3.8, 4) is 17.2 Å². The zero-order chi connectivity index (χ0) is 20.1. The number of carbonyl (C=O) groups excluding carboxylic acids is 2. The average molecular weight is 382 g/mol. The van der Waals surface area contributed by atoms with Crippen LogP contribution in [-0.4, -0.2) is 51.1 Å². The van der Waals surface area contributed by atoms with Crippen LogP contribution in [0.2, 0.25) is 0 Å². The molecule has 0 radical (unpaired) electrons. The number of amides is 2. The minimum atomic E-state index is -0.316. The number of hydrogen-bond donors (Lipinski definition) is 1. The molecule has 0 spiro atoms. The first-order chi connectivity index (χ1) is 13.5. The molecule has 0 atom stereocenters. The number of anilines is 1. The third-order valence-corrected chi connectivity index (χ3v) is 4.06. The fraction of sp³-hybridized carbons (Fsp3) is 0.238. The molecule has 0 unspecified atom stereocenters. The number of fused-ring (bicyclic) bond motifs is 1. The molecule has 0 aliphatic carbocycles. The fourth-order valence-electron chi connectivity index (χ4n) is 2.73. The maximum Gasteiger partial charge on any atom is 0.253 e. The van der Waals surface area contributed by atoms with Crippen LogP contribution in [0.3, 0.4) is 0 Å². The molecule has 3 rings (SSSR count). The van der Waals surface area contributed by atoms with Crippen LogP contribution >= 0.6 is 0 Å². The van der Waals surface area contributed by atoms with E-state index in [0.29, 0.717) is 41.7 Å². The molecule has 1 aliphatic rings. The molecule has 0 fully saturated rings. The maximum absolute atomic E-state index is 12.3. The quantitative estimate of drug-likeness (QED) is 0.805. The van der Waals surface area contributed by atoms with Gasteiger partial charge in [0.15, 0.2) is 11.5 Å². The van der Waals surface area contributed by atoms with Crippen LogP contribution in [0.5, 0.6) is 17.2 Å². The third-order valence-electron chi connectivity index (χ3n) is 4.06. The van der Waals surface area contributed by atoms with Crippen molar-refractivity contribution in [1.29, 1.82) is 0 Å². The summed E-state index contributed by atoms with van der Waals surface area (Å²) in [7, 11) is 4.91. The van der Waals surface area contributed by atoms with Crippen molar-refractivity contribution in [2.45, 2.75) is 0 Å². The standard InChI is InChI=1S/C21H22N2O5/c1-23(2)21(25)15-5-4-6-16(13-15)22-19(24)8-7-14-11-17(26-3)20-18(12-14)27-9-10-28-20/h4-8,11-13H,9-10H2,1-3H3,(H,22,24)/b8-7+. The van der Waals surface area contributed by atoms with Crippen LogP contribution in [0.15, 0.2) is 42.5 Å². The molecule has 28 heavy (non-hydrogen) atoms. The van der Waals surface area contributed by atoms with Gasteiger partial charge in [0.05, 0.1) is 7.11 Å². The van der Waals surface area contributed by atoms with Crippen molar-refractivity contribution in [2.24, 2.45) is 0 Å². The van der Waals surface area contributed by atoms with Crippen LogP contribution in [0.25, 0.3) is 6.08 Å². The zero-order valence-corrected chi connectivity index (χ0v) is 16.0. The van der Waals surface area contributed by atoms with Gasteiger partial charge >= 0.3 is 0 Å². The van der Waals surface area contributed by atoms with Gasteiger partial charge in [0.25, 0.3) is 5.91 Å². The Balaban J connectivity index is 1.72. The highest BCUT2D eigenvalue weighted by atomic mass is 16.6. The van der Waals surface area contributed by atoms with Gasteiger partial charge in [-0.3, -0.25) is 9.59 Å². The maximum atomic E-state index is 12.3. The van der Waals surface area contributed by atoms with Gasteiger partial charge in [0.1, 0.15) is 13.2 Å². The average Bonchev–Trinajstić information content (AvgIpc) is 2.71. The number of nitrogens with zero attached hydrogens (tertiary/aromatic N) is 1. The molecule has 0 aromatic heterocycles. The summed E-state index contributed by atoms with van der Waals surface area (Å²) >= 11 is 0. The number of methoxy groups -OCH3 is 1. The van der Waals surface area contributed by atoms with Gasteiger partial charge in [-0.1, -0.05) is 6.07 Å². The summed E-state index contributed by atoms with van der Waals surface area (Å²) in [5.74, 6) is 1.25. The SMILES string of the molecule is COc1cc(/C=C/C(=O)Nc2cccc(C(=O)N(C)C)c2)cc2c1OCCO2. The van der Waals surface area contributed by atoms with Gasteiger partial charge in [-0.05, 0) is 42.0 Å². The number of carbonyl (C=O) groups is 2. The number of ether oxygens (including phenoxy) is 3. The highest BCUT2D eigenvalue weighted by Gasteiger charge is 2.17.